The van der Waals surface area contributed by atoms with E-state index in [-0.39, 0.29) is 24.4 Å². The first-order valence-electron chi connectivity index (χ1n) is 5.57. The fourth-order valence-electron chi connectivity index (χ4n) is 1.32. The molecule has 0 unspecified atom stereocenters. The highest BCUT2D eigenvalue weighted by Gasteiger charge is 2.04. The average molecular weight is 284 g/mol. The maximum atomic E-state index is 13.5. The van der Waals surface area contributed by atoms with E-state index in [2.05, 4.69) is 4.99 Å². The molecule has 19 heavy (non-hydrogen) atoms. The molecule has 0 saturated carbocycles. The van der Waals surface area contributed by atoms with Crippen molar-refractivity contribution in [1.82, 2.24) is 0 Å². The largest absolute Gasteiger partial charge is 0.399 e. The SMILES string of the molecule is CC(=O)CN=CC(F)=C(N)Cc1ccc(N)c(Cl)c1. The summed E-state index contributed by atoms with van der Waals surface area (Å²) >= 11 is 5.86. The molecule has 0 atom stereocenters. The number of rotatable bonds is 5. The van der Waals surface area contributed by atoms with Crippen molar-refractivity contribution in [1.29, 1.82) is 0 Å². The molecule has 0 aliphatic heterocycles. The van der Waals surface area contributed by atoms with Gasteiger partial charge in [-0.1, -0.05) is 17.7 Å². The molecule has 0 spiro atoms. The molecule has 1 aromatic carbocycles. The lowest BCUT2D eigenvalue weighted by molar-refractivity contribution is -0.115. The van der Waals surface area contributed by atoms with E-state index in [9.17, 15) is 9.18 Å². The minimum Gasteiger partial charge on any atom is -0.399 e. The first-order chi connectivity index (χ1) is 8.90. The van der Waals surface area contributed by atoms with E-state index < -0.39 is 5.83 Å². The average Bonchev–Trinajstić information content (AvgIpc) is 2.33. The topological polar surface area (TPSA) is 81.5 Å². The zero-order valence-corrected chi connectivity index (χ0v) is 11.2. The van der Waals surface area contributed by atoms with Crippen LogP contribution in [0.15, 0.2) is 34.7 Å². The van der Waals surface area contributed by atoms with Crippen molar-refractivity contribution in [3.05, 3.63) is 40.3 Å². The van der Waals surface area contributed by atoms with Gasteiger partial charge in [-0.05, 0) is 24.6 Å². The number of carbonyl (C=O) groups excluding carboxylic acids is 1. The van der Waals surface area contributed by atoms with Crippen molar-refractivity contribution in [2.24, 2.45) is 10.7 Å². The number of aliphatic imine (C=N–C) groups is 1. The minimum atomic E-state index is -0.658. The van der Waals surface area contributed by atoms with E-state index in [4.69, 9.17) is 23.1 Å². The highest BCUT2D eigenvalue weighted by Crippen LogP contribution is 2.21. The smallest absolute Gasteiger partial charge is 0.159 e. The molecule has 0 aromatic heterocycles. The number of hydrogen-bond donors (Lipinski definition) is 2. The third kappa shape index (κ3) is 5.09. The van der Waals surface area contributed by atoms with E-state index in [1.54, 1.807) is 18.2 Å². The first kappa shape index (κ1) is 15.2. The second-order valence-corrected chi connectivity index (χ2v) is 4.48. The van der Waals surface area contributed by atoms with Gasteiger partial charge in [0, 0.05) is 6.42 Å². The standard InChI is InChI=1S/C13H15ClFN3O/c1-8(19)6-18-7-11(15)13(17)5-9-2-3-12(16)10(14)4-9/h2-4,7H,5-6,16-17H2,1H3. The second kappa shape index (κ2) is 6.89. The van der Waals surface area contributed by atoms with Gasteiger partial charge in [0.25, 0.3) is 0 Å². The van der Waals surface area contributed by atoms with Crippen LogP contribution in [-0.2, 0) is 11.2 Å². The zero-order chi connectivity index (χ0) is 14.4. The van der Waals surface area contributed by atoms with Gasteiger partial charge in [0.1, 0.15) is 0 Å². The number of anilines is 1. The lowest BCUT2D eigenvalue weighted by atomic mass is 10.1. The maximum Gasteiger partial charge on any atom is 0.159 e. The molecule has 102 valence electrons. The summed E-state index contributed by atoms with van der Waals surface area (Å²) in [6, 6.07) is 4.98. The lowest BCUT2D eigenvalue weighted by Gasteiger charge is -2.04. The highest BCUT2D eigenvalue weighted by molar-refractivity contribution is 6.33. The number of hydrogen-bond acceptors (Lipinski definition) is 4. The van der Waals surface area contributed by atoms with Crippen molar-refractivity contribution in [3.8, 4) is 0 Å². The maximum absolute atomic E-state index is 13.5. The molecule has 0 aliphatic carbocycles. The van der Waals surface area contributed by atoms with Gasteiger partial charge in [-0.2, -0.15) is 0 Å². The fourth-order valence-corrected chi connectivity index (χ4v) is 1.53. The van der Waals surface area contributed by atoms with Gasteiger partial charge in [-0.25, -0.2) is 4.39 Å². The summed E-state index contributed by atoms with van der Waals surface area (Å²) in [7, 11) is 0. The summed E-state index contributed by atoms with van der Waals surface area (Å²) in [5, 5.41) is 0.399. The van der Waals surface area contributed by atoms with E-state index in [1.807, 2.05) is 0 Å². The van der Waals surface area contributed by atoms with E-state index in [0.29, 0.717) is 10.7 Å². The number of benzene rings is 1. The number of nitrogens with two attached hydrogens (primary N) is 2. The predicted molar refractivity (Wildman–Crippen MR) is 75.9 cm³/mol. The number of ketones is 1. The Kier molecular flexibility index (Phi) is 5.51. The summed E-state index contributed by atoms with van der Waals surface area (Å²) in [5.41, 5.74) is 12.4. The van der Waals surface area contributed by atoms with Crippen LogP contribution in [0.3, 0.4) is 0 Å². The zero-order valence-electron chi connectivity index (χ0n) is 10.5. The Hall–Kier alpha value is -1.88. The van der Waals surface area contributed by atoms with Crippen LogP contribution in [0.25, 0.3) is 0 Å². The Morgan fingerprint density at radius 2 is 2.21 bits per heavy atom. The summed E-state index contributed by atoms with van der Waals surface area (Å²) in [5.74, 6) is -0.804. The van der Waals surface area contributed by atoms with Crippen molar-refractivity contribution in [2.75, 3.05) is 12.3 Å². The highest BCUT2D eigenvalue weighted by atomic mass is 35.5. The van der Waals surface area contributed by atoms with Gasteiger partial charge >= 0.3 is 0 Å². The Balaban J connectivity index is 2.76. The predicted octanol–water partition coefficient (Wildman–Crippen LogP) is 2.26. The number of nitrogens with zero attached hydrogens (tertiary/aromatic N) is 1. The molecule has 1 rings (SSSR count). The summed E-state index contributed by atoms with van der Waals surface area (Å²) < 4.78 is 13.5. The third-order valence-corrected chi connectivity index (χ3v) is 2.61. The molecule has 0 aliphatic rings. The van der Waals surface area contributed by atoms with Crippen LogP contribution in [0.4, 0.5) is 10.1 Å². The van der Waals surface area contributed by atoms with Gasteiger partial charge in [0.2, 0.25) is 0 Å². The summed E-state index contributed by atoms with van der Waals surface area (Å²) in [6.07, 6.45) is 1.15. The number of halogens is 2. The molecule has 0 saturated heterocycles. The van der Waals surface area contributed by atoms with Crippen LogP contribution in [0.1, 0.15) is 12.5 Å². The Labute approximate surface area is 116 Å². The number of allylic oxidation sites excluding steroid dienone is 2. The van der Waals surface area contributed by atoms with Crippen LogP contribution < -0.4 is 11.5 Å². The Bertz CT molecular complexity index is 541. The first-order valence-corrected chi connectivity index (χ1v) is 5.95. The molecule has 4 N–H and O–H groups in total. The number of Topliss-reactive ketones (excluding diaryl/α,β-unsaturated/α-hetero) is 1. The van der Waals surface area contributed by atoms with Crippen LogP contribution in [0.2, 0.25) is 5.02 Å². The molecule has 4 nitrogen and oxygen atoms in total. The van der Waals surface area contributed by atoms with Crippen LogP contribution >= 0.6 is 11.6 Å². The molecule has 1 aromatic rings. The molecule has 0 heterocycles. The van der Waals surface area contributed by atoms with Crippen LogP contribution in [-0.4, -0.2) is 18.5 Å². The monoisotopic (exact) mass is 283 g/mol. The van der Waals surface area contributed by atoms with Crippen molar-refractivity contribution < 1.29 is 9.18 Å². The van der Waals surface area contributed by atoms with Gasteiger partial charge in [0.15, 0.2) is 11.6 Å². The minimum absolute atomic E-state index is 0.0214. The van der Waals surface area contributed by atoms with Gasteiger partial charge < -0.3 is 11.5 Å². The van der Waals surface area contributed by atoms with Crippen molar-refractivity contribution >= 4 is 29.3 Å². The van der Waals surface area contributed by atoms with Gasteiger partial charge in [-0.3, -0.25) is 9.79 Å². The summed E-state index contributed by atoms with van der Waals surface area (Å²) in [4.78, 5) is 14.3. The van der Waals surface area contributed by atoms with Gasteiger partial charge in [-0.15, -0.1) is 0 Å². The molecule has 0 fully saturated rings. The van der Waals surface area contributed by atoms with Crippen molar-refractivity contribution in [3.63, 3.8) is 0 Å². The quantitative estimate of drug-likeness (QED) is 0.642. The third-order valence-electron chi connectivity index (χ3n) is 2.28. The molecule has 6 heteroatoms. The molecule has 0 amide bonds. The Morgan fingerprint density at radius 1 is 1.53 bits per heavy atom. The number of carbonyl (C=O) groups is 1. The van der Waals surface area contributed by atoms with E-state index in [1.165, 1.54) is 6.92 Å². The lowest BCUT2D eigenvalue weighted by Crippen LogP contribution is -2.06. The number of nitrogen functional groups attached to an aromatic ring is 1. The van der Waals surface area contributed by atoms with E-state index in [0.717, 1.165) is 11.8 Å². The summed E-state index contributed by atoms with van der Waals surface area (Å²) in [6.45, 7) is 1.31. The molecular weight excluding hydrogens is 269 g/mol. The molecule has 0 radical (unpaired) electrons. The van der Waals surface area contributed by atoms with Gasteiger partial charge in [0.05, 0.1) is 29.2 Å². The fraction of sp³-hybridized carbons (Fsp3) is 0.231. The van der Waals surface area contributed by atoms with Crippen LogP contribution in [0.5, 0.6) is 0 Å². The Morgan fingerprint density at radius 3 is 2.79 bits per heavy atom. The van der Waals surface area contributed by atoms with Crippen molar-refractivity contribution in [2.45, 2.75) is 13.3 Å². The molecule has 0 bridgehead atoms. The molecular formula is C13H15ClFN3O. The second-order valence-electron chi connectivity index (χ2n) is 4.08. The normalized spacial score (nSPS) is 12.6. The van der Waals surface area contributed by atoms with E-state index >= 15 is 0 Å². The van der Waals surface area contributed by atoms with Crippen LogP contribution in [0, 0.1) is 0 Å².